The van der Waals surface area contributed by atoms with Crippen molar-refractivity contribution in [1.29, 1.82) is 0 Å². The summed E-state index contributed by atoms with van der Waals surface area (Å²) in [7, 11) is 0. The van der Waals surface area contributed by atoms with Crippen LogP contribution in [0.2, 0.25) is 0 Å². The first kappa shape index (κ1) is 22.0. The molecule has 0 spiro atoms. The first-order valence-corrected chi connectivity index (χ1v) is 10.6. The molecule has 0 atom stereocenters. The average Bonchev–Trinajstić information content (AvgIpc) is 3.44. The normalized spacial score (nSPS) is 16.2. The van der Waals surface area contributed by atoms with Gasteiger partial charge < -0.3 is 20.9 Å². The number of carbonyl (C=O) groups excluding carboxylic acids is 2. The lowest BCUT2D eigenvalue weighted by Crippen LogP contribution is -2.36. The highest BCUT2D eigenvalue weighted by Gasteiger charge is 2.35. The third kappa shape index (κ3) is 4.98. The van der Waals surface area contributed by atoms with E-state index in [1.54, 1.807) is 29.2 Å². The molecule has 4 rings (SSSR count). The first-order valence-electron chi connectivity index (χ1n) is 10.6. The van der Waals surface area contributed by atoms with Crippen LogP contribution in [-0.2, 0) is 12.7 Å². The van der Waals surface area contributed by atoms with Gasteiger partial charge in [-0.25, -0.2) is 4.79 Å². The van der Waals surface area contributed by atoms with Gasteiger partial charge in [-0.05, 0) is 61.6 Å². The fourth-order valence-corrected chi connectivity index (χ4v) is 3.96. The van der Waals surface area contributed by atoms with Crippen molar-refractivity contribution in [3.8, 4) is 0 Å². The van der Waals surface area contributed by atoms with E-state index in [1.807, 2.05) is 4.90 Å². The molecule has 6 nitrogen and oxygen atoms in total. The predicted molar refractivity (Wildman–Crippen MR) is 115 cm³/mol. The molecule has 1 saturated heterocycles. The van der Waals surface area contributed by atoms with Gasteiger partial charge in [-0.15, -0.1) is 0 Å². The maximum absolute atomic E-state index is 13.3. The second-order valence-corrected chi connectivity index (χ2v) is 8.27. The second-order valence-electron chi connectivity index (χ2n) is 8.27. The second kappa shape index (κ2) is 8.72. The van der Waals surface area contributed by atoms with Gasteiger partial charge in [0, 0.05) is 31.2 Å². The molecular weight excluding hydrogens is 421 g/mol. The van der Waals surface area contributed by atoms with E-state index in [-0.39, 0.29) is 18.3 Å². The number of benzene rings is 2. The topological polar surface area (TPSA) is 78.7 Å². The van der Waals surface area contributed by atoms with E-state index in [4.69, 9.17) is 5.73 Å². The van der Waals surface area contributed by atoms with Crippen LogP contribution in [-0.4, -0.2) is 36.0 Å². The number of hydrogen-bond acceptors (Lipinski definition) is 3. The first-order chi connectivity index (χ1) is 15.2. The average molecular weight is 446 g/mol. The zero-order valence-corrected chi connectivity index (χ0v) is 17.5. The molecule has 170 valence electrons. The lowest BCUT2D eigenvalue weighted by molar-refractivity contribution is -0.137. The Kier molecular flexibility index (Phi) is 5.99. The van der Waals surface area contributed by atoms with E-state index in [9.17, 15) is 22.8 Å². The van der Waals surface area contributed by atoms with Crippen molar-refractivity contribution >= 4 is 23.3 Å². The molecule has 3 N–H and O–H groups in total. The molecule has 3 amide bonds. The largest absolute Gasteiger partial charge is 0.416 e. The molecule has 1 saturated carbocycles. The minimum Gasteiger partial charge on any atom is -0.370 e. The molecule has 0 unspecified atom stereocenters. The highest BCUT2D eigenvalue weighted by molar-refractivity contribution is 5.94. The van der Waals surface area contributed by atoms with Crippen LogP contribution in [0.4, 0.5) is 29.3 Å². The molecule has 2 fully saturated rings. The molecule has 2 aliphatic rings. The summed E-state index contributed by atoms with van der Waals surface area (Å²) in [5.74, 6) is -0.535. The summed E-state index contributed by atoms with van der Waals surface area (Å²) in [5.41, 5.74) is 6.42. The highest BCUT2D eigenvalue weighted by Crippen LogP contribution is 2.37. The summed E-state index contributed by atoms with van der Waals surface area (Å²) < 4.78 is 40.0. The number of carbonyl (C=O) groups is 2. The van der Waals surface area contributed by atoms with Gasteiger partial charge in [0.2, 0.25) is 5.91 Å². The van der Waals surface area contributed by atoms with Crippen LogP contribution >= 0.6 is 0 Å². The summed E-state index contributed by atoms with van der Waals surface area (Å²) in [6.45, 7) is 1.77. The van der Waals surface area contributed by atoms with Crippen molar-refractivity contribution < 1.29 is 22.8 Å². The molecular formula is C23H25F3N4O2. The predicted octanol–water partition coefficient (Wildman–Crippen LogP) is 4.60. The van der Waals surface area contributed by atoms with Crippen LogP contribution in [0.1, 0.15) is 47.2 Å². The van der Waals surface area contributed by atoms with Gasteiger partial charge in [-0.2, -0.15) is 13.2 Å². The number of hydrogen-bond donors (Lipinski definition) is 2. The van der Waals surface area contributed by atoms with Gasteiger partial charge in [0.05, 0.1) is 16.9 Å². The summed E-state index contributed by atoms with van der Waals surface area (Å²) in [6.07, 6.45) is -0.891. The third-order valence-corrected chi connectivity index (χ3v) is 5.85. The summed E-state index contributed by atoms with van der Waals surface area (Å²) >= 11 is 0. The molecule has 32 heavy (non-hydrogen) atoms. The molecule has 0 bridgehead atoms. The molecule has 9 heteroatoms. The molecule has 0 aromatic heterocycles. The van der Waals surface area contributed by atoms with E-state index < -0.39 is 23.7 Å². The number of nitrogens with zero attached hydrogens (tertiary/aromatic N) is 2. The van der Waals surface area contributed by atoms with Gasteiger partial charge in [-0.1, -0.05) is 12.1 Å². The number of amides is 3. The zero-order chi connectivity index (χ0) is 22.9. The van der Waals surface area contributed by atoms with Gasteiger partial charge in [-0.3, -0.25) is 4.79 Å². The lowest BCUT2D eigenvalue weighted by Gasteiger charge is -2.26. The van der Waals surface area contributed by atoms with E-state index in [0.717, 1.165) is 56.5 Å². The van der Waals surface area contributed by atoms with Crippen LogP contribution in [0.3, 0.4) is 0 Å². The number of urea groups is 1. The highest BCUT2D eigenvalue weighted by atomic mass is 19.4. The molecule has 1 aliphatic heterocycles. The molecule has 1 heterocycles. The Morgan fingerprint density at radius 2 is 1.72 bits per heavy atom. The summed E-state index contributed by atoms with van der Waals surface area (Å²) in [6, 6.07) is 9.75. The van der Waals surface area contributed by atoms with Crippen molar-refractivity contribution in [3.63, 3.8) is 0 Å². The molecule has 1 aliphatic carbocycles. The van der Waals surface area contributed by atoms with Crippen LogP contribution in [0, 0.1) is 0 Å². The van der Waals surface area contributed by atoms with Gasteiger partial charge in [0.1, 0.15) is 0 Å². The van der Waals surface area contributed by atoms with E-state index in [1.165, 1.54) is 6.07 Å². The number of alkyl halides is 3. The Morgan fingerprint density at radius 3 is 2.28 bits per heavy atom. The zero-order valence-electron chi connectivity index (χ0n) is 17.5. The number of anilines is 2. The monoisotopic (exact) mass is 446 g/mol. The van der Waals surface area contributed by atoms with E-state index in [2.05, 4.69) is 5.32 Å². The van der Waals surface area contributed by atoms with Crippen LogP contribution < -0.4 is 16.0 Å². The molecule has 0 radical (unpaired) electrons. The number of nitrogens with one attached hydrogen (secondary N) is 1. The van der Waals surface area contributed by atoms with Crippen LogP contribution in [0.5, 0.6) is 0 Å². The number of rotatable bonds is 6. The minimum absolute atomic E-state index is 0.0341. The molecule has 2 aromatic rings. The van der Waals surface area contributed by atoms with Crippen molar-refractivity contribution in [1.82, 2.24) is 4.90 Å². The fraction of sp³-hybridized carbons (Fsp3) is 0.391. The van der Waals surface area contributed by atoms with E-state index >= 15 is 0 Å². The quantitative estimate of drug-likeness (QED) is 0.681. The maximum atomic E-state index is 13.3. The number of primary amides is 1. The third-order valence-electron chi connectivity index (χ3n) is 5.85. The van der Waals surface area contributed by atoms with Gasteiger partial charge in [0.15, 0.2) is 0 Å². The van der Waals surface area contributed by atoms with E-state index in [0.29, 0.717) is 11.3 Å². The SMILES string of the molecule is NC(=O)c1ccc(CN(C(=O)Nc2cc(C(F)(F)F)ccc2N2CCCC2)C2CC2)cc1. The van der Waals surface area contributed by atoms with Crippen molar-refractivity contribution in [2.24, 2.45) is 5.73 Å². The lowest BCUT2D eigenvalue weighted by atomic mass is 10.1. The Bertz CT molecular complexity index is 997. The summed E-state index contributed by atoms with van der Waals surface area (Å²) in [4.78, 5) is 28.0. The Hall–Kier alpha value is -3.23. The standard InChI is InChI=1S/C23H25F3N4O2/c24-23(25,26)17-7-10-20(29-11-1-2-12-29)19(13-17)28-22(32)30(18-8-9-18)14-15-3-5-16(6-4-15)21(27)31/h3-7,10,13,18H,1-2,8-9,11-12,14H2,(H2,27,31)(H,28,32). The fourth-order valence-electron chi connectivity index (χ4n) is 3.96. The molecule has 2 aromatic carbocycles. The summed E-state index contributed by atoms with van der Waals surface area (Å²) in [5, 5.41) is 2.74. The Balaban J connectivity index is 1.56. The van der Waals surface area contributed by atoms with Crippen LogP contribution in [0.15, 0.2) is 42.5 Å². The van der Waals surface area contributed by atoms with Crippen LogP contribution in [0.25, 0.3) is 0 Å². The Labute approximate surface area is 184 Å². The minimum atomic E-state index is -4.50. The van der Waals surface area contributed by atoms with Gasteiger partial charge >= 0.3 is 12.2 Å². The van der Waals surface area contributed by atoms with Crippen molar-refractivity contribution in [2.75, 3.05) is 23.3 Å². The Morgan fingerprint density at radius 1 is 1.06 bits per heavy atom. The smallest absolute Gasteiger partial charge is 0.370 e. The van der Waals surface area contributed by atoms with Crippen molar-refractivity contribution in [3.05, 3.63) is 59.2 Å². The van der Waals surface area contributed by atoms with Gasteiger partial charge in [0.25, 0.3) is 0 Å². The maximum Gasteiger partial charge on any atom is 0.416 e. The van der Waals surface area contributed by atoms with Crippen molar-refractivity contribution in [2.45, 2.75) is 44.4 Å². The number of nitrogens with two attached hydrogens (primary N) is 1. The number of halogens is 3.